The van der Waals surface area contributed by atoms with Gasteiger partial charge in [0.25, 0.3) is 0 Å². The van der Waals surface area contributed by atoms with Crippen LogP contribution in [0.2, 0.25) is 5.02 Å². The summed E-state index contributed by atoms with van der Waals surface area (Å²) >= 11 is 6.00. The minimum absolute atomic E-state index is 0.549. The van der Waals surface area contributed by atoms with Crippen molar-refractivity contribution in [1.29, 1.82) is 5.26 Å². The van der Waals surface area contributed by atoms with Crippen LogP contribution in [0, 0.1) is 11.3 Å². The average molecular weight is 299 g/mol. The smallest absolute Gasteiger partial charge is 0.162 e. The number of nitrogens with zero attached hydrogens (tertiary/aromatic N) is 2. The van der Waals surface area contributed by atoms with Crippen molar-refractivity contribution >= 4 is 33.4 Å². The van der Waals surface area contributed by atoms with Crippen molar-refractivity contribution in [3.63, 3.8) is 0 Å². The highest BCUT2D eigenvalue weighted by Gasteiger charge is 2.13. The molecule has 3 rings (SSSR count). The summed E-state index contributed by atoms with van der Waals surface area (Å²) in [5.41, 5.74) is 1.89. The lowest BCUT2D eigenvalue weighted by Crippen LogP contribution is -1.94. The Balaban J connectivity index is 2.49. The number of ether oxygens (including phenoxy) is 2. The predicted molar refractivity (Wildman–Crippen MR) is 82.1 cm³/mol. The van der Waals surface area contributed by atoms with Crippen LogP contribution in [0.3, 0.4) is 0 Å². The summed E-state index contributed by atoms with van der Waals surface area (Å²) in [5, 5.41) is 11.6. The highest BCUT2D eigenvalue weighted by molar-refractivity contribution is 6.31. The lowest BCUT2D eigenvalue weighted by atomic mass is 10.0. The fourth-order valence-corrected chi connectivity index (χ4v) is 2.53. The summed E-state index contributed by atoms with van der Waals surface area (Å²) in [6, 6.07) is 11.1. The Labute approximate surface area is 126 Å². The second-order valence-corrected chi connectivity index (χ2v) is 4.92. The first-order valence-electron chi connectivity index (χ1n) is 6.23. The summed E-state index contributed by atoms with van der Waals surface area (Å²) in [7, 11) is 3.12. The molecule has 4 nitrogen and oxygen atoms in total. The van der Waals surface area contributed by atoms with Gasteiger partial charge in [0.15, 0.2) is 11.5 Å². The average Bonchev–Trinajstić information content (AvgIpc) is 2.51. The van der Waals surface area contributed by atoms with E-state index in [0.29, 0.717) is 33.1 Å². The molecule has 0 saturated carbocycles. The standard InChI is InChI=1S/C16H11ClN2O2/c1-20-15-6-11-12(8-18)10-4-3-9(17)5-13(10)19-14(11)7-16(15)21-2/h3-7H,1-2H3. The van der Waals surface area contributed by atoms with Gasteiger partial charge in [0.05, 0.1) is 30.8 Å². The molecule has 0 spiro atoms. The maximum Gasteiger partial charge on any atom is 0.162 e. The second-order valence-electron chi connectivity index (χ2n) is 4.48. The number of rotatable bonds is 2. The van der Waals surface area contributed by atoms with Crippen LogP contribution in [0.25, 0.3) is 21.8 Å². The Morgan fingerprint density at radius 2 is 1.67 bits per heavy atom. The van der Waals surface area contributed by atoms with Crippen molar-refractivity contribution in [2.24, 2.45) is 0 Å². The van der Waals surface area contributed by atoms with Crippen molar-refractivity contribution in [2.45, 2.75) is 0 Å². The molecule has 0 N–H and O–H groups in total. The lowest BCUT2D eigenvalue weighted by molar-refractivity contribution is 0.356. The van der Waals surface area contributed by atoms with E-state index in [0.717, 1.165) is 10.8 Å². The van der Waals surface area contributed by atoms with E-state index in [9.17, 15) is 5.26 Å². The number of aromatic nitrogens is 1. The van der Waals surface area contributed by atoms with Crippen LogP contribution in [-0.2, 0) is 0 Å². The van der Waals surface area contributed by atoms with E-state index in [1.54, 1.807) is 44.6 Å². The summed E-state index contributed by atoms with van der Waals surface area (Å²) < 4.78 is 10.6. The van der Waals surface area contributed by atoms with E-state index in [4.69, 9.17) is 21.1 Å². The second kappa shape index (κ2) is 5.12. The molecule has 0 saturated heterocycles. The van der Waals surface area contributed by atoms with Gasteiger partial charge < -0.3 is 9.47 Å². The zero-order valence-corrected chi connectivity index (χ0v) is 12.2. The molecule has 0 radical (unpaired) electrons. The van der Waals surface area contributed by atoms with E-state index in [-0.39, 0.29) is 0 Å². The van der Waals surface area contributed by atoms with Gasteiger partial charge in [-0.15, -0.1) is 0 Å². The van der Waals surface area contributed by atoms with Gasteiger partial charge in [-0.25, -0.2) is 4.98 Å². The van der Waals surface area contributed by atoms with Crippen LogP contribution in [0.4, 0.5) is 0 Å². The van der Waals surface area contributed by atoms with Gasteiger partial charge in [-0.2, -0.15) is 5.26 Å². The molecule has 0 aliphatic carbocycles. The molecule has 0 unspecified atom stereocenters. The number of hydrogen-bond donors (Lipinski definition) is 0. The maximum absolute atomic E-state index is 9.51. The molecule has 104 valence electrons. The Kier molecular flexibility index (Phi) is 3.28. The van der Waals surface area contributed by atoms with Crippen molar-refractivity contribution < 1.29 is 9.47 Å². The van der Waals surface area contributed by atoms with Crippen molar-refractivity contribution in [1.82, 2.24) is 4.98 Å². The number of pyridine rings is 1. The van der Waals surface area contributed by atoms with E-state index < -0.39 is 0 Å². The zero-order valence-electron chi connectivity index (χ0n) is 11.5. The first-order chi connectivity index (χ1) is 10.2. The number of fused-ring (bicyclic) bond motifs is 2. The van der Waals surface area contributed by atoms with E-state index in [1.165, 1.54) is 0 Å². The Bertz CT molecular complexity index is 900. The van der Waals surface area contributed by atoms with Crippen LogP contribution >= 0.6 is 11.6 Å². The zero-order chi connectivity index (χ0) is 15.0. The Morgan fingerprint density at radius 1 is 1.00 bits per heavy atom. The quantitative estimate of drug-likeness (QED) is 0.673. The summed E-state index contributed by atoms with van der Waals surface area (Å²) in [4.78, 5) is 4.56. The molecule has 0 fully saturated rings. The van der Waals surface area contributed by atoms with Gasteiger partial charge in [-0.05, 0) is 24.3 Å². The maximum atomic E-state index is 9.51. The topological polar surface area (TPSA) is 55.1 Å². The minimum Gasteiger partial charge on any atom is -0.493 e. The number of hydrogen-bond acceptors (Lipinski definition) is 4. The molecule has 0 aliphatic rings. The van der Waals surface area contributed by atoms with Crippen LogP contribution in [-0.4, -0.2) is 19.2 Å². The van der Waals surface area contributed by atoms with E-state index >= 15 is 0 Å². The van der Waals surface area contributed by atoms with E-state index in [2.05, 4.69) is 11.1 Å². The number of methoxy groups -OCH3 is 2. The first-order valence-corrected chi connectivity index (χ1v) is 6.61. The molecule has 2 aromatic carbocycles. The fraction of sp³-hybridized carbons (Fsp3) is 0.125. The SMILES string of the molecule is COc1cc2nc3cc(Cl)ccc3c(C#N)c2cc1OC. The minimum atomic E-state index is 0.549. The molecule has 0 atom stereocenters. The van der Waals surface area contributed by atoms with Gasteiger partial charge in [-0.3, -0.25) is 0 Å². The summed E-state index contributed by atoms with van der Waals surface area (Å²) in [5.74, 6) is 1.14. The number of halogens is 1. The highest BCUT2D eigenvalue weighted by Crippen LogP contribution is 2.35. The molecule has 5 heteroatoms. The summed E-state index contributed by atoms with van der Waals surface area (Å²) in [6.45, 7) is 0. The van der Waals surface area contributed by atoms with Crippen LogP contribution in [0.5, 0.6) is 11.5 Å². The summed E-state index contributed by atoms with van der Waals surface area (Å²) in [6.07, 6.45) is 0. The number of benzene rings is 2. The Hall–Kier alpha value is -2.51. The molecule has 0 amide bonds. The van der Waals surface area contributed by atoms with Crippen molar-refractivity contribution in [2.75, 3.05) is 14.2 Å². The largest absolute Gasteiger partial charge is 0.493 e. The Morgan fingerprint density at radius 3 is 2.33 bits per heavy atom. The first kappa shape index (κ1) is 13.5. The third-order valence-electron chi connectivity index (χ3n) is 3.35. The molecule has 21 heavy (non-hydrogen) atoms. The third kappa shape index (κ3) is 2.12. The van der Waals surface area contributed by atoms with Crippen LogP contribution in [0.15, 0.2) is 30.3 Å². The fourth-order valence-electron chi connectivity index (χ4n) is 2.37. The molecule has 1 heterocycles. The molecular weight excluding hydrogens is 288 g/mol. The monoisotopic (exact) mass is 298 g/mol. The van der Waals surface area contributed by atoms with Gasteiger partial charge in [-0.1, -0.05) is 11.6 Å². The lowest BCUT2D eigenvalue weighted by Gasteiger charge is -2.11. The van der Waals surface area contributed by atoms with Gasteiger partial charge in [0.2, 0.25) is 0 Å². The molecule has 3 aromatic rings. The molecule has 0 aliphatic heterocycles. The predicted octanol–water partition coefficient (Wildman–Crippen LogP) is 3.93. The van der Waals surface area contributed by atoms with Crippen LogP contribution < -0.4 is 9.47 Å². The van der Waals surface area contributed by atoms with Crippen molar-refractivity contribution in [3.8, 4) is 17.6 Å². The molecule has 1 aromatic heterocycles. The number of nitriles is 1. The third-order valence-corrected chi connectivity index (χ3v) is 3.59. The highest BCUT2D eigenvalue weighted by atomic mass is 35.5. The van der Waals surface area contributed by atoms with Gasteiger partial charge >= 0.3 is 0 Å². The van der Waals surface area contributed by atoms with Gasteiger partial charge in [0, 0.05) is 21.9 Å². The molecule has 0 bridgehead atoms. The normalized spacial score (nSPS) is 10.6. The van der Waals surface area contributed by atoms with Crippen molar-refractivity contribution in [3.05, 3.63) is 40.9 Å². The van der Waals surface area contributed by atoms with Crippen LogP contribution in [0.1, 0.15) is 5.56 Å². The molecular formula is C16H11ClN2O2. The van der Waals surface area contributed by atoms with E-state index in [1.807, 2.05) is 0 Å². The van der Waals surface area contributed by atoms with Gasteiger partial charge in [0.1, 0.15) is 6.07 Å².